The number of rotatable bonds is 3. The first-order chi connectivity index (χ1) is 9.72. The van der Waals surface area contributed by atoms with E-state index < -0.39 is 5.54 Å². The zero-order valence-electron chi connectivity index (χ0n) is 11.5. The van der Waals surface area contributed by atoms with Gasteiger partial charge in [-0.05, 0) is 25.0 Å². The van der Waals surface area contributed by atoms with Crippen LogP contribution in [0.15, 0.2) is 29.3 Å². The molecular formula is C15H18N2O3. The van der Waals surface area contributed by atoms with E-state index in [1.165, 1.54) is 0 Å². The van der Waals surface area contributed by atoms with Crippen molar-refractivity contribution in [1.29, 1.82) is 0 Å². The molecule has 20 heavy (non-hydrogen) atoms. The minimum atomic E-state index is -0.485. The molecule has 1 aromatic carbocycles. The summed E-state index contributed by atoms with van der Waals surface area (Å²) in [5.41, 5.74) is -0.0198. The maximum Gasteiger partial charge on any atom is 0.261 e. The van der Waals surface area contributed by atoms with Crippen LogP contribution in [0.2, 0.25) is 0 Å². The van der Waals surface area contributed by atoms with Crippen LogP contribution < -0.4 is 10.3 Å². The minimum Gasteiger partial charge on any atom is -0.494 e. The molecule has 0 radical (unpaired) electrons. The lowest BCUT2D eigenvalue weighted by molar-refractivity contribution is 0.132. The Labute approximate surface area is 116 Å². The van der Waals surface area contributed by atoms with Gasteiger partial charge in [-0.1, -0.05) is 18.9 Å². The van der Waals surface area contributed by atoms with Crippen molar-refractivity contribution in [2.24, 2.45) is 0 Å². The highest BCUT2D eigenvalue weighted by molar-refractivity contribution is 5.83. The third-order valence-corrected chi connectivity index (χ3v) is 4.31. The van der Waals surface area contributed by atoms with Gasteiger partial charge >= 0.3 is 0 Å². The first-order valence-corrected chi connectivity index (χ1v) is 6.87. The maximum absolute atomic E-state index is 12.7. The van der Waals surface area contributed by atoms with Gasteiger partial charge in [-0.2, -0.15) is 0 Å². The van der Waals surface area contributed by atoms with E-state index >= 15 is 0 Å². The largest absolute Gasteiger partial charge is 0.494 e. The summed E-state index contributed by atoms with van der Waals surface area (Å²) in [5.74, 6) is 0.594. The van der Waals surface area contributed by atoms with Gasteiger partial charge in [-0.15, -0.1) is 0 Å². The predicted octanol–water partition coefficient (Wildman–Crippen LogP) is 1.67. The van der Waals surface area contributed by atoms with Crippen molar-refractivity contribution in [3.8, 4) is 5.75 Å². The van der Waals surface area contributed by atoms with Crippen LogP contribution in [0.3, 0.4) is 0 Å². The van der Waals surface area contributed by atoms with Crippen LogP contribution in [-0.4, -0.2) is 28.4 Å². The molecule has 0 amide bonds. The number of para-hydroxylation sites is 1. The Bertz CT molecular complexity index is 687. The highest BCUT2D eigenvalue weighted by Gasteiger charge is 2.36. The van der Waals surface area contributed by atoms with E-state index in [4.69, 9.17) is 4.74 Å². The third-order valence-electron chi connectivity index (χ3n) is 4.31. The SMILES string of the molecule is COc1cccc2c(=O)n(C3(CO)CCCC3)cnc12. The molecule has 5 heteroatoms. The normalized spacial score (nSPS) is 17.5. The zero-order chi connectivity index (χ0) is 14.2. The van der Waals surface area contributed by atoms with Crippen LogP contribution in [0.1, 0.15) is 25.7 Å². The number of aliphatic hydroxyl groups is 1. The lowest BCUT2D eigenvalue weighted by Gasteiger charge is -2.29. The molecule has 3 rings (SSSR count). The van der Waals surface area contributed by atoms with Crippen molar-refractivity contribution in [2.45, 2.75) is 31.2 Å². The van der Waals surface area contributed by atoms with Gasteiger partial charge in [0.25, 0.3) is 5.56 Å². The molecular weight excluding hydrogens is 256 g/mol. The lowest BCUT2D eigenvalue weighted by Crippen LogP contribution is -2.42. The second-order valence-corrected chi connectivity index (χ2v) is 5.37. The van der Waals surface area contributed by atoms with E-state index in [1.807, 2.05) is 0 Å². The van der Waals surface area contributed by atoms with Crippen molar-refractivity contribution < 1.29 is 9.84 Å². The Morgan fingerprint density at radius 3 is 2.80 bits per heavy atom. The lowest BCUT2D eigenvalue weighted by atomic mass is 9.98. The van der Waals surface area contributed by atoms with Crippen LogP contribution in [0.25, 0.3) is 10.9 Å². The molecule has 0 saturated heterocycles. The topological polar surface area (TPSA) is 64.3 Å². The van der Waals surface area contributed by atoms with Crippen molar-refractivity contribution in [3.05, 3.63) is 34.9 Å². The summed E-state index contributed by atoms with van der Waals surface area (Å²) < 4.78 is 6.85. The monoisotopic (exact) mass is 274 g/mol. The summed E-state index contributed by atoms with van der Waals surface area (Å²) in [6.45, 7) is -0.0237. The molecule has 5 nitrogen and oxygen atoms in total. The zero-order valence-corrected chi connectivity index (χ0v) is 11.5. The fraction of sp³-hybridized carbons (Fsp3) is 0.467. The number of hydrogen-bond acceptors (Lipinski definition) is 4. The third kappa shape index (κ3) is 1.81. The van der Waals surface area contributed by atoms with Crippen molar-refractivity contribution >= 4 is 10.9 Å². The molecule has 1 N–H and O–H groups in total. The Balaban J connectivity index is 2.24. The number of aliphatic hydroxyl groups excluding tert-OH is 1. The molecule has 106 valence electrons. The van der Waals surface area contributed by atoms with Crippen LogP contribution in [0.4, 0.5) is 0 Å². The van der Waals surface area contributed by atoms with E-state index in [0.29, 0.717) is 16.7 Å². The van der Waals surface area contributed by atoms with Gasteiger partial charge in [0.05, 0.1) is 31.0 Å². The van der Waals surface area contributed by atoms with Crippen molar-refractivity contribution in [1.82, 2.24) is 9.55 Å². The average molecular weight is 274 g/mol. The summed E-state index contributed by atoms with van der Waals surface area (Å²) in [7, 11) is 1.56. The Morgan fingerprint density at radius 1 is 1.40 bits per heavy atom. The highest BCUT2D eigenvalue weighted by atomic mass is 16.5. The van der Waals surface area contributed by atoms with Gasteiger partial charge in [0.15, 0.2) is 0 Å². The van der Waals surface area contributed by atoms with Crippen molar-refractivity contribution in [2.75, 3.05) is 13.7 Å². The first-order valence-electron chi connectivity index (χ1n) is 6.87. The van der Waals surface area contributed by atoms with E-state index in [2.05, 4.69) is 4.98 Å². The molecule has 1 aliphatic carbocycles. The molecule has 0 bridgehead atoms. The summed E-state index contributed by atoms with van der Waals surface area (Å²) in [4.78, 5) is 17.1. The Kier molecular flexibility index (Phi) is 3.22. The summed E-state index contributed by atoms with van der Waals surface area (Å²) in [6.07, 6.45) is 5.25. The molecule has 0 spiro atoms. The Hall–Kier alpha value is -1.88. The molecule has 1 aromatic heterocycles. The van der Waals surface area contributed by atoms with Crippen LogP contribution in [-0.2, 0) is 5.54 Å². The molecule has 1 aliphatic rings. The maximum atomic E-state index is 12.7. The van der Waals surface area contributed by atoms with Gasteiger partial charge in [0.2, 0.25) is 0 Å². The molecule has 1 fully saturated rings. The number of ether oxygens (including phenoxy) is 1. The number of methoxy groups -OCH3 is 1. The van der Waals surface area contributed by atoms with Crippen LogP contribution in [0, 0.1) is 0 Å². The van der Waals surface area contributed by atoms with E-state index in [9.17, 15) is 9.90 Å². The quantitative estimate of drug-likeness (QED) is 0.924. The predicted molar refractivity (Wildman–Crippen MR) is 76.1 cm³/mol. The highest BCUT2D eigenvalue weighted by Crippen LogP contribution is 2.35. The number of aromatic nitrogens is 2. The summed E-state index contributed by atoms with van der Waals surface area (Å²) in [6, 6.07) is 5.33. The smallest absolute Gasteiger partial charge is 0.261 e. The number of nitrogens with zero attached hydrogens (tertiary/aromatic N) is 2. The molecule has 0 aliphatic heterocycles. The fourth-order valence-corrected chi connectivity index (χ4v) is 3.14. The number of fused-ring (bicyclic) bond motifs is 1. The van der Waals surface area contributed by atoms with E-state index in [1.54, 1.807) is 36.2 Å². The molecule has 1 saturated carbocycles. The van der Waals surface area contributed by atoms with Gasteiger partial charge in [-0.25, -0.2) is 4.98 Å². The summed E-state index contributed by atoms with van der Waals surface area (Å²) >= 11 is 0. The van der Waals surface area contributed by atoms with Crippen LogP contribution in [0.5, 0.6) is 5.75 Å². The van der Waals surface area contributed by atoms with E-state index in [-0.39, 0.29) is 12.2 Å². The van der Waals surface area contributed by atoms with Crippen LogP contribution >= 0.6 is 0 Å². The van der Waals surface area contributed by atoms with E-state index in [0.717, 1.165) is 25.7 Å². The van der Waals surface area contributed by atoms with Gasteiger partial charge in [-0.3, -0.25) is 9.36 Å². The van der Waals surface area contributed by atoms with Gasteiger partial charge < -0.3 is 9.84 Å². The number of benzene rings is 1. The molecule has 1 heterocycles. The van der Waals surface area contributed by atoms with Crippen molar-refractivity contribution in [3.63, 3.8) is 0 Å². The molecule has 0 unspecified atom stereocenters. The molecule has 2 aromatic rings. The first kappa shape index (κ1) is 13.1. The summed E-state index contributed by atoms with van der Waals surface area (Å²) in [5, 5.41) is 10.3. The fourth-order valence-electron chi connectivity index (χ4n) is 3.14. The minimum absolute atomic E-state index is 0.0237. The second kappa shape index (κ2) is 4.90. The average Bonchev–Trinajstić information content (AvgIpc) is 2.97. The number of hydrogen-bond donors (Lipinski definition) is 1. The van der Waals surface area contributed by atoms with Gasteiger partial charge in [0.1, 0.15) is 11.3 Å². The standard InChI is InChI=1S/C15H18N2O3/c1-20-12-6-4-5-11-13(12)16-10-17(14(11)19)15(9-18)7-2-3-8-15/h4-6,10,18H,2-3,7-9H2,1H3. The van der Waals surface area contributed by atoms with Gasteiger partial charge in [0, 0.05) is 0 Å². The molecule has 0 atom stereocenters. The Morgan fingerprint density at radius 2 is 2.15 bits per heavy atom. The second-order valence-electron chi connectivity index (χ2n) is 5.37.